The molecule has 5 aromatic rings. The molecule has 210 valence electrons. The van der Waals surface area contributed by atoms with E-state index in [1.54, 1.807) is 53.3 Å². The molecule has 41 heavy (non-hydrogen) atoms. The summed E-state index contributed by atoms with van der Waals surface area (Å²) in [6.07, 6.45) is -1.40. The van der Waals surface area contributed by atoms with E-state index in [1.165, 1.54) is 26.4 Å². The molecule has 0 unspecified atom stereocenters. The van der Waals surface area contributed by atoms with Gasteiger partial charge in [-0.2, -0.15) is 0 Å². The highest BCUT2D eigenvalue weighted by atomic mass is 19.4. The number of hydrogen-bond donors (Lipinski definition) is 2. The number of nitrogens with zero attached hydrogens (tertiary/aromatic N) is 5. The minimum absolute atomic E-state index is 0.0879. The first-order valence-electron chi connectivity index (χ1n) is 12.0. The van der Waals surface area contributed by atoms with Gasteiger partial charge in [0, 0.05) is 29.6 Å². The van der Waals surface area contributed by atoms with Gasteiger partial charge in [0.1, 0.15) is 11.6 Å². The maximum Gasteiger partial charge on any atom is 0.573 e. The van der Waals surface area contributed by atoms with Crippen molar-refractivity contribution in [1.82, 2.24) is 29.9 Å². The molecule has 0 bridgehead atoms. The average molecular weight is 566 g/mol. The van der Waals surface area contributed by atoms with Crippen LogP contribution in [0.5, 0.6) is 17.4 Å². The summed E-state index contributed by atoms with van der Waals surface area (Å²) in [5.74, 6) is 0.948. The van der Waals surface area contributed by atoms with Crippen molar-refractivity contribution in [3.8, 4) is 28.6 Å². The molecule has 0 aliphatic heterocycles. The quantitative estimate of drug-likeness (QED) is 0.260. The van der Waals surface area contributed by atoms with Crippen LogP contribution in [0.15, 0.2) is 73.1 Å². The number of aromatic nitrogens is 5. The van der Waals surface area contributed by atoms with Crippen molar-refractivity contribution in [2.24, 2.45) is 0 Å². The van der Waals surface area contributed by atoms with Gasteiger partial charge in [-0.15, -0.1) is 18.3 Å². The minimum atomic E-state index is -4.80. The summed E-state index contributed by atoms with van der Waals surface area (Å²) in [5.41, 5.74) is 2.70. The third kappa shape index (κ3) is 6.61. The van der Waals surface area contributed by atoms with Crippen LogP contribution in [0, 0.1) is 0 Å². The number of rotatable bonds is 9. The van der Waals surface area contributed by atoms with E-state index >= 15 is 0 Å². The molecule has 0 aliphatic rings. The molecule has 5 rings (SSSR count). The van der Waals surface area contributed by atoms with Gasteiger partial charge in [-0.1, -0.05) is 6.07 Å². The lowest BCUT2D eigenvalue weighted by Gasteiger charge is -2.10. The molecule has 4 heterocycles. The van der Waals surface area contributed by atoms with E-state index in [9.17, 15) is 18.0 Å². The van der Waals surface area contributed by atoms with Crippen molar-refractivity contribution in [1.29, 1.82) is 0 Å². The van der Waals surface area contributed by atoms with Crippen LogP contribution in [0.25, 0.3) is 16.9 Å². The van der Waals surface area contributed by atoms with E-state index in [1.807, 2.05) is 0 Å². The number of amides is 1. The largest absolute Gasteiger partial charge is 0.573 e. The Hall–Kier alpha value is -5.40. The molecule has 2 N–H and O–H groups in total. The number of hydrogen-bond acceptors (Lipinski definition) is 9. The zero-order valence-corrected chi connectivity index (χ0v) is 21.6. The Morgan fingerprint density at radius 2 is 1.78 bits per heavy atom. The second-order valence-corrected chi connectivity index (χ2v) is 8.47. The molecule has 14 heteroatoms. The zero-order chi connectivity index (χ0) is 29.0. The molecule has 0 radical (unpaired) electrons. The van der Waals surface area contributed by atoms with Gasteiger partial charge in [0.25, 0.3) is 11.8 Å². The molecule has 4 aromatic heterocycles. The van der Waals surface area contributed by atoms with Crippen LogP contribution in [0.2, 0.25) is 0 Å². The first-order chi connectivity index (χ1) is 19.7. The van der Waals surface area contributed by atoms with E-state index in [2.05, 4.69) is 35.4 Å². The van der Waals surface area contributed by atoms with Crippen molar-refractivity contribution in [2.75, 3.05) is 19.5 Å². The first-order valence-corrected chi connectivity index (χ1v) is 12.0. The van der Waals surface area contributed by atoms with E-state index in [-0.39, 0.29) is 12.1 Å². The number of halogens is 3. The molecule has 0 fully saturated rings. The van der Waals surface area contributed by atoms with Gasteiger partial charge in [-0.05, 0) is 48.5 Å². The lowest BCUT2D eigenvalue weighted by atomic mass is 10.2. The van der Waals surface area contributed by atoms with Crippen molar-refractivity contribution < 1.29 is 32.2 Å². The van der Waals surface area contributed by atoms with E-state index in [4.69, 9.17) is 9.47 Å². The van der Waals surface area contributed by atoms with Gasteiger partial charge in [-0.3, -0.25) is 4.79 Å². The number of benzene rings is 1. The number of carbonyl (C=O) groups is 1. The summed E-state index contributed by atoms with van der Waals surface area (Å²) in [4.78, 5) is 25.8. The second-order valence-electron chi connectivity index (χ2n) is 8.47. The van der Waals surface area contributed by atoms with Gasteiger partial charge in [0.05, 0.1) is 32.2 Å². The van der Waals surface area contributed by atoms with Crippen LogP contribution in [-0.4, -0.2) is 51.1 Å². The topological polar surface area (TPSA) is 125 Å². The summed E-state index contributed by atoms with van der Waals surface area (Å²) in [6.45, 7) is 0.0879. The van der Waals surface area contributed by atoms with Crippen molar-refractivity contribution in [3.63, 3.8) is 0 Å². The number of carbonyl (C=O) groups excluding carboxylic acids is 1. The molecule has 11 nitrogen and oxygen atoms in total. The molecule has 0 aliphatic carbocycles. The van der Waals surface area contributed by atoms with Gasteiger partial charge in [0.15, 0.2) is 17.2 Å². The lowest BCUT2D eigenvalue weighted by Crippen LogP contribution is -2.23. The van der Waals surface area contributed by atoms with Crippen LogP contribution in [0.3, 0.4) is 0 Å². The Kier molecular flexibility index (Phi) is 7.54. The smallest absolute Gasteiger partial charge is 0.491 e. The molecule has 0 saturated carbocycles. The Labute approximate surface area is 230 Å². The Bertz CT molecular complexity index is 1690. The van der Waals surface area contributed by atoms with E-state index < -0.39 is 18.0 Å². The molecule has 0 saturated heterocycles. The fourth-order valence-electron chi connectivity index (χ4n) is 3.83. The summed E-state index contributed by atoms with van der Waals surface area (Å²) >= 11 is 0. The molecular formula is C27H22F3N7O4. The Morgan fingerprint density at radius 1 is 0.976 bits per heavy atom. The van der Waals surface area contributed by atoms with Crippen LogP contribution in [0.1, 0.15) is 16.1 Å². The second kappa shape index (κ2) is 11.4. The van der Waals surface area contributed by atoms with E-state index in [0.29, 0.717) is 40.3 Å². The van der Waals surface area contributed by atoms with Gasteiger partial charge < -0.3 is 24.8 Å². The maximum absolute atomic E-state index is 12.4. The fraction of sp³-hybridized carbons (Fsp3) is 0.148. The summed E-state index contributed by atoms with van der Waals surface area (Å²) < 4.78 is 52.9. The molecule has 0 atom stereocenters. The first kappa shape index (κ1) is 27.2. The van der Waals surface area contributed by atoms with Crippen molar-refractivity contribution >= 4 is 23.2 Å². The molecule has 1 amide bonds. The van der Waals surface area contributed by atoms with Crippen LogP contribution >= 0.6 is 0 Å². The highest BCUT2D eigenvalue weighted by molar-refractivity contribution is 5.94. The van der Waals surface area contributed by atoms with Crippen LogP contribution in [0.4, 0.5) is 24.8 Å². The summed E-state index contributed by atoms with van der Waals surface area (Å²) in [7, 11) is 3.05. The number of nitrogens with one attached hydrogen (secondary N) is 2. The monoisotopic (exact) mass is 565 g/mol. The molecule has 1 aromatic carbocycles. The standard InChI is InChI=1S/C27H22F3N7O4/c1-39-21-12-17(14-32-26(21)40-2)20-10-11-37-24(34-20)13-23(36-37)35-22-5-3-4-18(33-22)15-31-25(38)16-6-8-19(9-7-16)41-27(28,29)30/h3-14H,15H2,1-2H3,(H,31,38)(H,33,35,36). The number of pyridine rings is 2. The van der Waals surface area contributed by atoms with E-state index in [0.717, 1.165) is 17.7 Å². The van der Waals surface area contributed by atoms with Gasteiger partial charge in [-0.25, -0.2) is 19.5 Å². The third-order valence-electron chi connectivity index (χ3n) is 5.69. The highest BCUT2D eigenvalue weighted by Crippen LogP contribution is 2.29. The predicted octanol–water partition coefficient (Wildman–Crippen LogP) is 4.78. The minimum Gasteiger partial charge on any atom is -0.491 e. The average Bonchev–Trinajstić information content (AvgIpc) is 3.36. The number of fused-ring (bicyclic) bond motifs is 1. The summed E-state index contributed by atoms with van der Waals surface area (Å²) in [5, 5.41) is 10.3. The number of ether oxygens (including phenoxy) is 3. The van der Waals surface area contributed by atoms with Crippen molar-refractivity contribution in [3.05, 3.63) is 84.3 Å². The Morgan fingerprint density at radius 3 is 2.51 bits per heavy atom. The molecular weight excluding hydrogens is 543 g/mol. The number of methoxy groups -OCH3 is 2. The third-order valence-corrected chi connectivity index (χ3v) is 5.69. The van der Waals surface area contributed by atoms with Crippen molar-refractivity contribution in [2.45, 2.75) is 12.9 Å². The number of alkyl halides is 3. The zero-order valence-electron chi connectivity index (χ0n) is 21.6. The summed E-state index contributed by atoms with van der Waals surface area (Å²) in [6, 6.07) is 15.2. The number of anilines is 2. The van der Waals surface area contributed by atoms with Gasteiger partial charge >= 0.3 is 6.36 Å². The molecule has 0 spiro atoms. The highest BCUT2D eigenvalue weighted by Gasteiger charge is 2.31. The van der Waals surface area contributed by atoms with Crippen LogP contribution < -0.4 is 24.8 Å². The Balaban J connectivity index is 1.24. The fourth-order valence-corrected chi connectivity index (χ4v) is 3.83. The lowest BCUT2D eigenvalue weighted by molar-refractivity contribution is -0.274. The predicted molar refractivity (Wildman–Crippen MR) is 141 cm³/mol. The maximum atomic E-state index is 12.4. The SMILES string of the molecule is COc1cc(-c2ccn3nc(Nc4cccc(CNC(=O)c5ccc(OC(F)(F)F)cc5)n4)cc3n2)cnc1OC. The van der Waals surface area contributed by atoms with Gasteiger partial charge in [0.2, 0.25) is 0 Å². The van der Waals surface area contributed by atoms with Crippen LogP contribution in [-0.2, 0) is 6.54 Å². The normalized spacial score (nSPS) is 11.2.